The zero-order valence-electron chi connectivity index (χ0n) is 17.8. The van der Waals surface area contributed by atoms with Gasteiger partial charge in [0.05, 0.1) is 35.4 Å². The minimum absolute atomic E-state index is 0.184. The first kappa shape index (κ1) is 21.5. The maximum Gasteiger partial charge on any atom is 0.266 e. The van der Waals surface area contributed by atoms with Crippen molar-refractivity contribution in [1.29, 1.82) is 0 Å². The third kappa shape index (κ3) is 3.80. The summed E-state index contributed by atoms with van der Waals surface area (Å²) in [6, 6.07) is 15.2. The number of amides is 1. The number of anilines is 1. The van der Waals surface area contributed by atoms with Gasteiger partial charge in [0.15, 0.2) is 5.78 Å². The second kappa shape index (κ2) is 8.76. The van der Waals surface area contributed by atoms with E-state index in [-0.39, 0.29) is 17.2 Å². The zero-order valence-corrected chi connectivity index (χ0v) is 18.6. The van der Waals surface area contributed by atoms with E-state index in [2.05, 4.69) is 10.3 Å². The molecule has 8 heteroatoms. The smallest absolute Gasteiger partial charge is 0.266 e. The Balaban J connectivity index is 1.70. The predicted molar refractivity (Wildman–Crippen MR) is 125 cm³/mol. The quantitative estimate of drug-likeness (QED) is 0.441. The third-order valence-electron chi connectivity index (χ3n) is 5.29. The van der Waals surface area contributed by atoms with E-state index in [0.717, 1.165) is 11.3 Å². The highest BCUT2D eigenvalue weighted by Gasteiger charge is 2.24. The molecule has 1 amide bonds. The second-order valence-electron chi connectivity index (χ2n) is 7.25. The van der Waals surface area contributed by atoms with E-state index >= 15 is 0 Å². The van der Waals surface area contributed by atoms with Crippen molar-refractivity contribution in [1.82, 2.24) is 9.55 Å². The largest absolute Gasteiger partial charge is 0.495 e. The second-order valence-corrected chi connectivity index (χ2v) is 8.25. The van der Waals surface area contributed by atoms with Crippen LogP contribution in [0.3, 0.4) is 0 Å². The van der Waals surface area contributed by atoms with E-state index in [0.29, 0.717) is 37.7 Å². The Morgan fingerprint density at radius 3 is 2.50 bits per heavy atom. The molecule has 162 valence electrons. The molecule has 4 aromatic rings. The van der Waals surface area contributed by atoms with Gasteiger partial charge in [0.1, 0.15) is 10.6 Å². The van der Waals surface area contributed by atoms with Gasteiger partial charge in [-0.2, -0.15) is 0 Å². The molecule has 0 radical (unpaired) electrons. The number of hydrogen-bond acceptors (Lipinski definition) is 6. The number of aromatic nitrogens is 2. The fourth-order valence-corrected chi connectivity index (χ4v) is 4.56. The van der Waals surface area contributed by atoms with Crippen LogP contribution in [0.1, 0.15) is 38.6 Å². The molecular formula is C24H21N3O4S. The Kier molecular flexibility index (Phi) is 5.87. The Morgan fingerprint density at radius 1 is 1.09 bits per heavy atom. The fourth-order valence-electron chi connectivity index (χ4n) is 3.53. The van der Waals surface area contributed by atoms with Crippen molar-refractivity contribution in [3.05, 3.63) is 87.3 Å². The number of methoxy groups -OCH3 is 1. The topological polar surface area (TPSA) is 90.3 Å². The molecule has 2 heterocycles. The van der Waals surface area contributed by atoms with Gasteiger partial charge in [-0.15, -0.1) is 11.3 Å². The minimum atomic E-state index is -0.730. The number of nitrogens with one attached hydrogen (secondary N) is 1. The lowest BCUT2D eigenvalue weighted by atomic mass is 10.1. The van der Waals surface area contributed by atoms with Gasteiger partial charge in [0, 0.05) is 5.56 Å². The molecule has 1 unspecified atom stereocenters. The van der Waals surface area contributed by atoms with Gasteiger partial charge < -0.3 is 10.1 Å². The van der Waals surface area contributed by atoms with Crippen LogP contribution in [0, 0.1) is 6.92 Å². The molecule has 0 bridgehead atoms. The number of para-hydroxylation sites is 2. The van der Waals surface area contributed by atoms with Crippen molar-refractivity contribution in [2.75, 3.05) is 12.4 Å². The van der Waals surface area contributed by atoms with Crippen LogP contribution in [0.15, 0.2) is 65.7 Å². The SMILES string of the molecule is COc1ccccc1NC(=O)c1sc2ncn(C(C)C(=O)c3ccccc3)c(=O)c2c1C. The Labute approximate surface area is 188 Å². The van der Waals surface area contributed by atoms with E-state index < -0.39 is 6.04 Å². The maximum atomic E-state index is 13.2. The summed E-state index contributed by atoms with van der Waals surface area (Å²) in [6.45, 7) is 3.38. The number of aryl methyl sites for hydroxylation is 1. The normalized spacial score (nSPS) is 11.8. The van der Waals surface area contributed by atoms with Gasteiger partial charge in [-0.25, -0.2) is 4.98 Å². The lowest BCUT2D eigenvalue weighted by Crippen LogP contribution is -2.28. The van der Waals surface area contributed by atoms with E-state index in [9.17, 15) is 14.4 Å². The molecule has 0 aliphatic heterocycles. The summed E-state index contributed by atoms with van der Waals surface area (Å²) in [7, 11) is 1.53. The van der Waals surface area contributed by atoms with Gasteiger partial charge in [0.25, 0.3) is 11.5 Å². The molecule has 0 spiro atoms. The van der Waals surface area contributed by atoms with E-state index in [4.69, 9.17) is 4.74 Å². The molecule has 2 aromatic carbocycles. The van der Waals surface area contributed by atoms with Crippen molar-refractivity contribution < 1.29 is 14.3 Å². The van der Waals surface area contributed by atoms with Crippen LogP contribution >= 0.6 is 11.3 Å². The number of nitrogens with zero attached hydrogens (tertiary/aromatic N) is 2. The molecule has 0 fully saturated rings. The molecule has 7 nitrogen and oxygen atoms in total. The average molecular weight is 448 g/mol. The zero-order chi connectivity index (χ0) is 22.8. The van der Waals surface area contributed by atoms with Crippen LogP contribution in [0.25, 0.3) is 10.2 Å². The van der Waals surface area contributed by atoms with E-state index in [1.807, 2.05) is 12.1 Å². The van der Waals surface area contributed by atoms with Crippen molar-refractivity contribution in [2.24, 2.45) is 0 Å². The number of hydrogen-bond donors (Lipinski definition) is 1. The van der Waals surface area contributed by atoms with Crippen LogP contribution in [-0.4, -0.2) is 28.4 Å². The first-order valence-electron chi connectivity index (χ1n) is 9.96. The number of carbonyl (C=O) groups excluding carboxylic acids is 2. The van der Waals surface area contributed by atoms with Crippen LogP contribution in [0.4, 0.5) is 5.69 Å². The highest BCUT2D eigenvalue weighted by Crippen LogP contribution is 2.30. The van der Waals surface area contributed by atoms with Gasteiger partial charge in [0.2, 0.25) is 0 Å². The molecule has 2 aromatic heterocycles. The lowest BCUT2D eigenvalue weighted by Gasteiger charge is -2.13. The van der Waals surface area contributed by atoms with Crippen LogP contribution in [0.5, 0.6) is 5.75 Å². The summed E-state index contributed by atoms with van der Waals surface area (Å²) < 4.78 is 6.60. The molecule has 0 saturated carbocycles. The average Bonchev–Trinajstić information content (AvgIpc) is 3.16. The number of ether oxygens (including phenoxy) is 1. The van der Waals surface area contributed by atoms with Crippen LogP contribution < -0.4 is 15.6 Å². The highest BCUT2D eigenvalue weighted by atomic mass is 32.1. The van der Waals surface area contributed by atoms with Crippen molar-refractivity contribution in [2.45, 2.75) is 19.9 Å². The fraction of sp³-hybridized carbons (Fsp3) is 0.167. The number of ketones is 1. The Hall–Kier alpha value is -3.78. The van der Waals surface area contributed by atoms with Crippen LogP contribution in [-0.2, 0) is 0 Å². The number of benzene rings is 2. The molecule has 1 N–H and O–H groups in total. The Bertz CT molecular complexity index is 1380. The summed E-state index contributed by atoms with van der Waals surface area (Å²) >= 11 is 1.14. The summed E-state index contributed by atoms with van der Waals surface area (Å²) in [5, 5.41) is 3.17. The minimum Gasteiger partial charge on any atom is -0.495 e. The lowest BCUT2D eigenvalue weighted by molar-refractivity contribution is 0.0932. The summed E-state index contributed by atoms with van der Waals surface area (Å²) in [6.07, 6.45) is 1.37. The summed E-state index contributed by atoms with van der Waals surface area (Å²) in [4.78, 5) is 44.2. The summed E-state index contributed by atoms with van der Waals surface area (Å²) in [5.74, 6) is -0.00132. The molecule has 32 heavy (non-hydrogen) atoms. The van der Waals surface area contributed by atoms with Gasteiger partial charge in [-0.1, -0.05) is 42.5 Å². The van der Waals surface area contributed by atoms with Crippen molar-refractivity contribution in [3.63, 3.8) is 0 Å². The van der Waals surface area contributed by atoms with Gasteiger partial charge in [-0.3, -0.25) is 19.0 Å². The maximum absolute atomic E-state index is 13.2. The highest BCUT2D eigenvalue weighted by molar-refractivity contribution is 7.20. The van der Waals surface area contributed by atoms with Gasteiger partial charge >= 0.3 is 0 Å². The molecule has 0 aliphatic rings. The van der Waals surface area contributed by atoms with Crippen LogP contribution in [0.2, 0.25) is 0 Å². The number of Topliss-reactive ketones (excluding diaryl/α,β-unsaturated/α-hetero) is 1. The van der Waals surface area contributed by atoms with Crippen molar-refractivity contribution >= 4 is 38.9 Å². The first-order valence-corrected chi connectivity index (χ1v) is 10.8. The molecule has 0 aliphatic carbocycles. The Morgan fingerprint density at radius 2 is 1.78 bits per heavy atom. The molecular weight excluding hydrogens is 426 g/mol. The van der Waals surface area contributed by atoms with E-state index in [1.54, 1.807) is 56.3 Å². The van der Waals surface area contributed by atoms with Gasteiger partial charge in [-0.05, 0) is 31.5 Å². The molecule has 1 atom stereocenters. The number of thiophene rings is 1. The standard InChI is InChI=1S/C24H21N3O4S/c1-14-19-23(32-21(14)22(29)26-17-11-7-8-12-18(17)31-3)25-13-27(24(19)30)15(2)20(28)16-9-5-4-6-10-16/h4-13,15H,1-3H3,(H,26,29). The third-order valence-corrected chi connectivity index (χ3v) is 6.49. The first-order chi connectivity index (χ1) is 15.4. The van der Waals surface area contributed by atoms with Crippen molar-refractivity contribution in [3.8, 4) is 5.75 Å². The number of rotatable bonds is 6. The molecule has 0 saturated heterocycles. The predicted octanol–water partition coefficient (Wildman–Crippen LogP) is 4.47. The number of fused-ring (bicyclic) bond motifs is 1. The monoisotopic (exact) mass is 447 g/mol. The number of carbonyl (C=O) groups is 2. The molecule has 4 rings (SSSR count). The van der Waals surface area contributed by atoms with E-state index in [1.165, 1.54) is 18.0 Å². The summed E-state index contributed by atoms with van der Waals surface area (Å²) in [5.41, 5.74) is 1.23.